The number of amides is 2. The van der Waals surface area contributed by atoms with Crippen LogP contribution in [0.1, 0.15) is 5.56 Å². The number of carbonyl (C=O) groups is 2. The monoisotopic (exact) mass is 292 g/mol. The first-order valence-electron chi connectivity index (χ1n) is 5.71. The average molecular weight is 292 g/mol. The van der Waals surface area contributed by atoms with Gasteiger partial charge in [0.2, 0.25) is 0 Å². The van der Waals surface area contributed by atoms with Crippen molar-refractivity contribution in [1.29, 1.82) is 0 Å². The van der Waals surface area contributed by atoms with Crippen molar-refractivity contribution in [3.05, 3.63) is 47.3 Å². The molecule has 20 heavy (non-hydrogen) atoms. The number of anilines is 1. The van der Waals surface area contributed by atoms with Crippen LogP contribution in [0.4, 0.5) is 15.3 Å². The smallest absolute Gasteiger partial charge is 0.449 e. The summed E-state index contributed by atoms with van der Waals surface area (Å²) in [6.45, 7) is 0.412. The lowest BCUT2D eigenvalue weighted by molar-refractivity contribution is 0.146. The Morgan fingerprint density at radius 3 is 2.70 bits per heavy atom. The fourth-order valence-electron chi connectivity index (χ4n) is 1.48. The van der Waals surface area contributed by atoms with Crippen molar-refractivity contribution < 1.29 is 19.4 Å². The Balaban J connectivity index is 1.82. The molecule has 2 aromatic rings. The van der Waals surface area contributed by atoms with Crippen molar-refractivity contribution in [3.8, 4) is 5.06 Å². The molecule has 0 saturated carbocycles. The molecule has 0 fully saturated rings. The van der Waals surface area contributed by atoms with E-state index in [-0.39, 0.29) is 11.1 Å². The van der Waals surface area contributed by atoms with Gasteiger partial charge in [-0.25, -0.2) is 9.59 Å². The number of urea groups is 1. The van der Waals surface area contributed by atoms with Crippen LogP contribution < -0.4 is 15.4 Å². The quantitative estimate of drug-likeness (QED) is 0.755. The molecule has 0 spiro atoms. The molecule has 0 radical (unpaired) electrons. The Bertz CT molecular complexity index is 597. The van der Waals surface area contributed by atoms with Gasteiger partial charge in [-0.2, -0.15) is 0 Å². The molecule has 1 heterocycles. The number of benzene rings is 1. The second-order valence-corrected chi connectivity index (χ2v) is 4.69. The van der Waals surface area contributed by atoms with Crippen LogP contribution in [-0.4, -0.2) is 17.3 Å². The molecule has 0 aliphatic carbocycles. The van der Waals surface area contributed by atoms with Gasteiger partial charge in [0.15, 0.2) is 5.06 Å². The van der Waals surface area contributed by atoms with E-state index in [0.717, 1.165) is 16.9 Å². The number of nitrogens with one attached hydrogen (secondary N) is 2. The Morgan fingerprint density at radius 1 is 1.25 bits per heavy atom. The van der Waals surface area contributed by atoms with Crippen LogP contribution in [0.25, 0.3) is 0 Å². The molecule has 0 atom stereocenters. The van der Waals surface area contributed by atoms with Crippen molar-refractivity contribution in [2.75, 3.05) is 5.32 Å². The number of hydrogen-bond acceptors (Lipinski definition) is 4. The third-order valence-electron chi connectivity index (χ3n) is 2.32. The molecule has 0 unspecified atom stereocenters. The topological polar surface area (TPSA) is 87.7 Å². The standard InChI is InChI=1S/C13H12N2O4S/c16-12(14-7-9-4-2-1-3-5-9)15-10-6-11(20-8-10)19-13(17)18/h1-6,8H,7H2,(H,17,18)(H2,14,15,16). The fraction of sp³-hybridized carbons (Fsp3) is 0.0769. The van der Waals surface area contributed by atoms with Crippen molar-refractivity contribution in [1.82, 2.24) is 5.32 Å². The van der Waals surface area contributed by atoms with Gasteiger partial charge in [0, 0.05) is 18.0 Å². The zero-order chi connectivity index (χ0) is 14.4. The number of ether oxygens (including phenoxy) is 1. The van der Waals surface area contributed by atoms with Gasteiger partial charge >= 0.3 is 12.2 Å². The minimum atomic E-state index is -1.38. The normalized spacial score (nSPS) is 9.80. The van der Waals surface area contributed by atoms with E-state index in [1.54, 1.807) is 5.38 Å². The van der Waals surface area contributed by atoms with Gasteiger partial charge < -0.3 is 20.5 Å². The molecule has 1 aromatic heterocycles. The summed E-state index contributed by atoms with van der Waals surface area (Å²) in [5, 5.41) is 15.5. The third kappa shape index (κ3) is 4.29. The zero-order valence-corrected chi connectivity index (χ0v) is 11.1. The van der Waals surface area contributed by atoms with E-state index >= 15 is 0 Å². The van der Waals surface area contributed by atoms with E-state index in [4.69, 9.17) is 5.11 Å². The van der Waals surface area contributed by atoms with Crippen molar-refractivity contribution >= 4 is 29.2 Å². The average Bonchev–Trinajstić information content (AvgIpc) is 2.84. The first-order chi connectivity index (χ1) is 9.63. The molecule has 104 valence electrons. The van der Waals surface area contributed by atoms with E-state index in [2.05, 4.69) is 15.4 Å². The molecule has 2 amide bonds. The lowest BCUT2D eigenvalue weighted by Gasteiger charge is -2.05. The number of carboxylic acid groups (broad SMARTS) is 1. The fourth-order valence-corrected chi connectivity index (χ4v) is 2.16. The Labute approximate surface area is 119 Å². The Morgan fingerprint density at radius 2 is 2.00 bits per heavy atom. The predicted molar refractivity (Wildman–Crippen MR) is 75.3 cm³/mol. The highest BCUT2D eigenvalue weighted by molar-refractivity contribution is 7.12. The van der Waals surface area contributed by atoms with E-state index in [0.29, 0.717) is 12.2 Å². The number of hydrogen-bond donors (Lipinski definition) is 3. The second-order valence-electron chi connectivity index (χ2n) is 3.82. The van der Waals surface area contributed by atoms with Gasteiger partial charge in [0.1, 0.15) is 0 Å². The van der Waals surface area contributed by atoms with Gasteiger partial charge in [-0.05, 0) is 5.56 Å². The summed E-state index contributed by atoms with van der Waals surface area (Å²) < 4.78 is 4.47. The van der Waals surface area contributed by atoms with Crippen LogP contribution in [0.15, 0.2) is 41.8 Å². The molecule has 6 nitrogen and oxygen atoms in total. The highest BCUT2D eigenvalue weighted by Crippen LogP contribution is 2.26. The van der Waals surface area contributed by atoms with E-state index in [1.807, 2.05) is 30.3 Å². The van der Waals surface area contributed by atoms with Gasteiger partial charge in [-0.15, -0.1) is 11.3 Å². The lowest BCUT2D eigenvalue weighted by atomic mass is 10.2. The summed E-state index contributed by atoms with van der Waals surface area (Å²) in [6, 6.07) is 10.6. The number of carbonyl (C=O) groups excluding carboxylic acids is 1. The molecular weight excluding hydrogens is 280 g/mol. The van der Waals surface area contributed by atoms with Gasteiger partial charge in [0.25, 0.3) is 0 Å². The molecule has 1 aromatic carbocycles. The number of rotatable bonds is 4. The first-order valence-corrected chi connectivity index (χ1v) is 6.59. The van der Waals surface area contributed by atoms with Crippen LogP contribution in [0.5, 0.6) is 5.06 Å². The molecule has 0 saturated heterocycles. The summed E-state index contributed by atoms with van der Waals surface area (Å²) in [5.74, 6) is 0. The highest BCUT2D eigenvalue weighted by atomic mass is 32.1. The third-order valence-corrected chi connectivity index (χ3v) is 3.12. The second kappa shape index (κ2) is 6.58. The summed E-state index contributed by atoms with van der Waals surface area (Å²) in [7, 11) is 0. The predicted octanol–water partition coefficient (Wildman–Crippen LogP) is 3.13. The van der Waals surface area contributed by atoms with E-state index in [9.17, 15) is 9.59 Å². The first kappa shape index (κ1) is 13.9. The summed E-state index contributed by atoms with van der Waals surface area (Å²) >= 11 is 1.09. The zero-order valence-electron chi connectivity index (χ0n) is 10.3. The van der Waals surface area contributed by atoms with E-state index in [1.165, 1.54) is 6.07 Å². The number of thiophene rings is 1. The minimum Gasteiger partial charge on any atom is -0.449 e. The maximum absolute atomic E-state index is 11.6. The summed E-state index contributed by atoms with van der Waals surface area (Å²) in [4.78, 5) is 22.0. The molecular formula is C13H12N2O4S. The largest absolute Gasteiger partial charge is 0.512 e. The van der Waals surface area contributed by atoms with Gasteiger partial charge in [0.05, 0.1) is 5.69 Å². The molecule has 3 N–H and O–H groups in total. The SMILES string of the molecule is O=C(NCc1ccccc1)Nc1csc(OC(=O)O)c1. The van der Waals surface area contributed by atoms with Crippen LogP contribution >= 0.6 is 11.3 Å². The van der Waals surface area contributed by atoms with Gasteiger partial charge in [-0.3, -0.25) is 0 Å². The summed E-state index contributed by atoms with van der Waals surface area (Å²) in [6.07, 6.45) is -1.38. The maximum Gasteiger partial charge on any atom is 0.512 e. The minimum absolute atomic E-state index is 0.204. The maximum atomic E-state index is 11.6. The Hall–Kier alpha value is -2.54. The van der Waals surface area contributed by atoms with Crippen molar-refractivity contribution in [2.45, 2.75) is 6.54 Å². The van der Waals surface area contributed by atoms with Crippen molar-refractivity contribution in [3.63, 3.8) is 0 Å². The highest BCUT2D eigenvalue weighted by Gasteiger charge is 2.07. The Kier molecular flexibility index (Phi) is 4.56. The van der Waals surface area contributed by atoms with Crippen LogP contribution in [0.3, 0.4) is 0 Å². The van der Waals surface area contributed by atoms with Crippen LogP contribution in [-0.2, 0) is 6.54 Å². The van der Waals surface area contributed by atoms with Crippen molar-refractivity contribution in [2.24, 2.45) is 0 Å². The molecule has 7 heteroatoms. The summed E-state index contributed by atoms with van der Waals surface area (Å²) in [5.41, 5.74) is 1.47. The molecule has 0 bridgehead atoms. The van der Waals surface area contributed by atoms with Crippen LogP contribution in [0, 0.1) is 0 Å². The molecule has 2 rings (SSSR count). The molecule has 0 aliphatic heterocycles. The van der Waals surface area contributed by atoms with E-state index < -0.39 is 6.16 Å². The van der Waals surface area contributed by atoms with Crippen LogP contribution in [0.2, 0.25) is 0 Å². The molecule has 0 aliphatic rings. The van der Waals surface area contributed by atoms with Gasteiger partial charge in [-0.1, -0.05) is 30.3 Å². The lowest BCUT2D eigenvalue weighted by Crippen LogP contribution is -2.27.